The Hall–Kier alpha value is -3.39. The molecule has 1 fully saturated rings. The van der Waals surface area contributed by atoms with E-state index in [-0.39, 0.29) is 5.56 Å². The topological polar surface area (TPSA) is 94.8 Å². The number of alkyl halides is 1. The number of rotatable bonds is 6. The number of ether oxygens (including phenoxy) is 1. The average molecular weight is 436 g/mol. The van der Waals surface area contributed by atoms with E-state index in [4.69, 9.17) is 10.5 Å². The summed E-state index contributed by atoms with van der Waals surface area (Å²) in [6.45, 7) is 1.64. The molecule has 5 rings (SSSR count). The van der Waals surface area contributed by atoms with Crippen LogP contribution >= 0.6 is 0 Å². The molecule has 0 aromatic carbocycles. The van der Waals surface area contributed by atoms with Gasteiger partial charge in [-0.15, -0.1) is 0 Å². The Morgan fingerprint density at radius 2 is 2.19 bits per heavy atom. The Labute approximate surface area is 184 Å². The Morgan fingerprint density at radius 3 is 2.84 bits per heavy atom. The van der Waals surface area contributed by atoms with Crippen molar-refractivity contribution in [1.82, 2.24) is 14.2 Å². The lowest BCUT2D eigenvalue weighted by atomic mass is 9.70. The van der Waals surface area contributed by atoms with Gasteiger partial charge in [-0.1, -0.05) is 12.2 Å². The third-order valence-electron chi connectivity index (χ3n) is 6.44. The van der Waals surface area contributed by atoms with Gasteiger partial charge < -0.3 is 20.0 Å². The number of allylic oxidation sites excluding steroid dienone is 2. The van der Waals surface area contributed by atoms with Crippen molar-refractivity contribution in [3.8, 4) is 5.75 Å². The Morgan fingerprint density at radius 1 is 1.41 bits per heavy atom. The molecule has 2 aliphatic rings. The number of halogens is 1. The number of pyridine rings is 1. The third-order valence-corrected chi connectivity index (χ3v) is 6.44. The summed E-state index contributed by atoms with van der Waals surface area (Å²) >= 11 is 0. The molecule has 3 heterocycles. The lowest BCUT2D eigenvalue weighted by molar-refractivity contribution is 0.100. The van der Waals surface area contributed by atoms with Crippen LogP contribution in [0.2, 0.25) is 0 Å². The fraction of sp³-hybridized carbons (Fsp3) is 0.333. The van der Waals surface area contributed by atoms with E-state index in [0.29, 0.717) is 34.1 Å². The van der Waals surface area contributed by atoms with Crippen molar-refractivity contribution in [3.05, 3.63) is 77.4 Å². The van der Waals surface area contributed by atoms with Gasteiger partial charge in [-0.3, -0.25) is 9.48 Å². The number of primary amides is 1. The quantitative estimate of drug-likeness (QED) is 0.621. The highest BCUT2D eigenvalue weighted by atomic mass is 19.1. The number of amides is 1. The van der Waals surface area contributed by atoms with Crippen molar-refractivity contribution < 1.29 is 19.0 Å². The maximum atomic E-state index is 16.0. The summed E-state index contributed by atoms with van der Waals surface area (Å²) in [5.41, 5.74) is 6.92. The molecular weight excluding hydrogens is 411 g/mol. The minimum absolute atomic E-state index is 0.265. The molecule has 2 aliphatic carbocycles. The molecule has 0 radical (unpaired) electrons. The van der Waals surface area contributed by atoms with Crippen LogP contribution < -0.4 is 10.5 Å². The van der Waals surface area contributed by atoms with E-state index in [2.05, 4.69) is 5.10 Å². The van der Waals surface area contributed by atoms with Crippen molar-refractivity contribution in [2.75, 3.05) is 7.11 Å². The zero-order valence-corrected chi connectivity index (χ0v) is 17.9. The van der Waals surface area contributed by atoms with Crippen LogP contribution in [0.4, 0.5) is 4.39 Å². The second-order valence-electron chi connectivity index (χ2n) is 8.52. The fourth-order valence-corrected chi connectivity index (χ4v) is 4.52. The summed E-state index contributed by atoms with van der Waals surface area (Å²) in [6, 6.07) is 5.41. The lowest BCUT2D eigenvalue weighted by Gasteiger charge is -2.35. The Kier molecular flexibility index (Phi) is 4.70. The number of aromatic nitrogens is 3. The minimum Gasteiger partial charge on any atom is -0.497 e. The number of nitrogens with zero attached hydrogens (tertiary/aromatic N) is 3. The van der Waals surface area contributed by atoms with Gasteiger partial charge in [0.1, 0.15) is 11.9 Å². The second-order valence-corrected chi connectivity index (χ2v) is 8.52. The number of methoxy groups -OCH3 is 1. The van der Waals surface area contributed by atoms with Crippen LogP contribution in [0, 0.1) is 0 Å². The van der Waals surface area contributed by atoms with Crippen molar-refractivity contribution in [2.24, 2.45) is 5.73 Å². The number of nitrogens with two attached hydrogens (primary N) is 1. The first-order valence-corrected chi connectivity index (χ1v) is 10.6. The summed E-state index contributed by atoms with van der Waals surface area (Å²) in [4.78, 5) is 12.3. The van der Waals surface area contributed by atoms with Crippen LogP contribution in [0.5, 0.6) is 5.75 Å². The first kappa shape index (κ1) is 20.5. The summed E-state index contributed by atoms with van der Waals surface area (Å²) < 4.78 is 25.0. The molecule has 3 N–H and O–H groups in total. The maximum Gasteiger partial charge on any atom is 0.250 e. The highest BCUT2D eigenvalue weighted by Crippen LogP contribution is 2.45. The molecular formula is C24H25FN4O3. The van der Waals surface area contributed by atoms with Crippen LogP contribution in [-0.2, 0) is 5.41 Å². The van der Waals surface area contributed by atoms with Gasteiger partial charge in [0.05, 0.1) is 41.9 Å². The third kappa shape index (κ3) is 3.05. The van der Waals surface area contributed by atoms with Crippen LogP contribution in [0.3, 0.4) is 0 Å². The van der Waals surface area contributed by atoms with Crippen LogP contribution in [-0.4, -0.2) is 44.6 Å². The summed E-state index contributed by atoms with van der Waals surface area (Å²) in [5.74, 6) is -0.0619. The minimum atomic E-state index is -1.46. The number of carbonyl (C=O) groups excluding carboxylic acids is 1. The van der Waals surface area contributed by atoms with E-state index in [1.54, 1.807) is 54.1 Å². The molecule has 3 aromatic rings. The van der Waals surface area contributed by atoms with Gasteiger partial charge in [-0.2, -0.15) is 5.10 Å². The highest BCUT2D eigenvalue weighted by molar-refractivity contribution is 6.00. The standard InChI is InChI=1S/C24H25FN4O3/c1-14(30)15-3-6-21(25)24(11-15,16-12-27-29(13-16)17-4-5-17)22-10-19(23(26)31)20-9-18(32-2)7-8-28(20)22/h3,6-14,17,21,30H,4-5H2,1-2H3,(H2,26,31). The number of hydrogen-bond acceptors (Lipinski definition) is 4. The molecule has 7 nitrogen and oxygen atoms in total. The van der Waals surface area contributed by atoms with Gasteiger partial charge in [-0.25, -0.2) is 4.39 Å². The molecule has 1 amide bonds. The Balaban J connectivity index is 1.82. The normalized spacial score (nSPS) is 23.9. The number of hydrogen-bond donors (Lipinski definition) is 2. The predicted molar refractivity (Wildman–Crippen MR) is 118 cm³/mol. The van der Waals surface area contributed by atoms with Crippen molar-refractivity contribution >= 4 is 11.4 Å². The van der Waals surface area contributed by atoms with E-state index in [0.717, 1.165) is 12.8 Å². The average Bonchev–Trinajstić information content (AvgIpc) is 3.37. The zero-order valence-electron chi connectivity index (χ0n) is 17.9. The predicted octanol–water partition coefficient (Wildman–Crippen LogP) is 3.08. The number of aliphatic hydroxyl groups is 1. The van der Waals surface area contributed by atoms with Gasteiger partial charge in [-0.05, 0) is 43.5 Å². The molecule has 0 spiro atoms. The van der Waals surface area contributed by atoms with Gasteiger partial charge in [0.25, 0.3) is 5.91 Å². The summed E-state index contributed by atoms with van der Waals surface area (Å²) in [6.07, 6.45) is 9.91. The van der Waals surface area contributed by atoms with Crippen LogP contribution in [0.15, 0.2) is 60.6 Å². The molecule has 32 heavy (non-hydrogen) atoms. The van der Waals surface area contributed by atoms with Gasteiger partial charge in [0.15, 0.2) is 0 Å². The van der Waals surface area contributed by atoms with Crippen molar-refractivity contribution in [2.45, 2.75) is 43.5 Å². The number of carbonyl (C=O) groups is 1. The van der Waals surface area contributed by atoms with E-state index in [9.17, 15) is 9.90 Å². The second kappa shape index (κ2) is 7.34. The molecule has 0 saturated heterocycles. The molecule has 0 aliphatic heterocycles. The van der Waals surface area contributed by atoms with Crippen molar-refractivity contribution in [3.63, 3.8) is 0 Å². The molecule has 3 unspecified atom stereocenters. The summed E-state index contributed by atoms with van der Waals surface area (Å²) in [5, 5.41) is 14.8. The van der Waals surface area contributed by atoms with Gasteiger partial charge in [0.2, 0.25) is 0 Å². The van der Waals surface area contributed by atoms with E-state index >= 15 is 4.39 Å². The maximum absolute atomic E-state index is 16.0. The zero-order chi connectivity index (χ0) is 22.6. The Bertz CT molecular complexity index is 1270. The SMILES string of the molecule is COc1ccn2c(C3(c4cnn(C5CC5)c4)C=C(C(C)O)C=CC3F)cc(C(N)=O)c2c1. The molecule has 8 heteroatoms. The molecule has 1 saturated carbocycles. The van der Waals surface area contributed by atoms with E-state index in [1.165, 1.54) is 13.2 Å². The van der Waals surface area contributed by atoms with E-state index < -0.39 is 23.6 Å². The first-order valence-electron chi connectivity index (χ1n) is 10.6. The largest absolute Gasteiger partial charge is 0.497 e. The lowest BCUT2D eigenvalue weighted by Crippen LogP contribution is -2.39. The highest BCUT2D eigenvalue weighted by Gasteiger charge is 2.46. The van der Waals surface area contributed by atoms with E-state index in [1.807, 2.05) is 10.9 Å². The van der Waals surface area contributed by atoms with Crippen molar-refractivity contribution in [1.29, 1.82) is 0 Å². The monoisotopic (exact) mass is 436 g/mol. The summed E-state index contributed by atoms with van der Waals surface area (Å²) in [7, 11) is 1.54. The molecule has 3 atom stereocenters. The smallest absolute Gasteiger partial charge is 0.250 e. The molecule has 0 bridgehead atoms. The number of aliphatic hydroxyl groups excluding tert-OH is 1. The molecule has 166 valence electrons. The van der Waals surface area contributed by atoms with Gasteiger partial charge in [0, 0.05) is 29.7 Å². The number of fused-ring (bicyclic) bond motifs is 1. The fourth-order valence-electron chi connectivity index (χ4n) is 4.52. The van der Waals surface area contributed by atoms with Crippen LogP contribution in [0.25, 0.3) is 5.52 Å². The van der Waals surface area contributed by atoms with Gasteiger partial charge >= 0.3 is 0 Å². The van der Waals surface area contributed by atoms with Crippen LogP contribution in [0.1, 0.15) is 47.4 Å². The first-order chi connectivity index (χ1) is 15.3. The molecule has 3 aromatic heterocycles.